The van der Waals surface area contributed by atoms with E-state index in [0.29, 0.717) is 17.8 Å². The van der Waals surface area contributed by atoms with Gasteiger partial charge in [0.25, 0.3) is 0 Å². The number of aryl methyl sites for hydroxylation is 2. The van der Waals surface area contributed by atoms with Crippen molar-refractivity contribution in [3.05, 3.63) is 57.3 Å². The first-order valence-corrected chi connectivity index (χ1v) is 9.87. The number of rotatable bonds is 4. The number of carbonyl (C=O) groups excluding carboxylic acids is 1. The smallest absolute Gasteiger partial charge is 0.243 e. The summed E-state index contributed by atoms with van der Waals surface area (Å²) in [5, 5.41) is 0. The Morgan fingerprint density at radius 2 is 1.81 bits per heavy atom. The SMILES string of the molecule is Cc1c(CN(C(=O)CCl)c2cc3c(cn2)CCC3)c(F)c(F)c2c1CCC2. The first-order valence-electron chi connectivity index (χ1n) is 9.33. The molecule has 0 N–H and O–H groups in total. The molecule has 1 aromatic heterocycles. The van der Waals surface area contributed by atoms with Crippen molar-refractivity contribution in [2.45, 2.75) is 52.0 Å². The molecule has 27 heavy (non-hydrogen) atoms. The largest absolute Gasteiger partial charge is 0.291 e. The van der Waals surface area contributed by atoms with Gasteiger partial charge in [0, 0.05) is 11.8 Å². The van der Waals surface area contributed by atoms with Crippen molar-refractivity contribution in [3.8, 4) is 0 Å². The van der Waals surface area contributed by atoms with E-state index in [9.17, 15) is 13.6 Å². The number of hydrogen-bond donors (Lipinski definition) is 0. The van der Waals surface area contributed by atoms with Crippen LogP contribution in [0.3, 0.4) is 0 Å². The van der Waals surface area contributed by atoms with Crippen LogP contribution in [-0.4, -0.2) is 16.8 Å². The standard InChI is InChI=1S/C21H21ClF2N2O/c1-12-15-6-3-7-16(15)20(23)21(24)17(12)11-26(19(27)9-22)18-8-13-4-2-5-14(13)10-25-18/h8,10H,2-7,9,11H2,1H3. The van der Waals surface area contributed by atoms with Gasteiger partial charge in [0.05, 0.1) is 6.54 Å². The van der Waals surface area contributed by atoms with E-state index in [2.05, 4.69) is 4.98 Å². The molecule has 0 atom stereocenters. The summed E-state index contributed by atoms with van der Waals surface area (Å²) in [6, 6.07) is 1.88. The predicted octanol–water partition coefficient (Wildman–Crippen LogP) is 4.42. The van der Waals surface area contributed by atoms with Crippen LogP contribution in [-0.2, 0) is 37.0 Å². The number of alkyl halides is 1. The van der Waals surface area contributed by atoms with Crippen LogP contribution in [0.5, 0.6) is 0 Å². The zero-order valence-electron chi connectivity index (χ0n) is 15.2. The van der Waals surface area contributed by atoms with Gasteiger partial charge in [0.15, 0.2) is 11.6 Å². The van der Waals surface area contributed by atoms with Crippen molar-refractivity contribution in [2.75, 3.05) is 10.8 Å². The quantitative estimate of drug-likeness (QED) is 0.724. The number of anilines is 1. The molecule has 3 nitrogen and oxygen atoms in total. The molecule has 0 saturated carbocycles. The lowest BCUT2D eigenvalue weighted by Gasteiger charge is -2.24. The number of aromatic nitrogens is 1. The van der Waals surface area contributed by atoms with Crippen LogP contribution in [0.15, 0.2) is 12.3 Å². The number of fused-ring (bicyclic) bond motifs is 2. The highest BCUT2D eigenvalue weighted by molar-refractivity contribution is 6.29. The van der Waals surface area contributed by atoms with Gasteiger partial charge >= 0.3 is 0 Å². The minimum Gasteiger partial charge on any atom is -0.291 e. The van der Waals surface area contributed by atoms with E-state index < -0.39 is 11.6 Å². The summed E-state index contributed by atoms with van der Waals surface area (Å²) < 4.78 is 29.4. The molecule has 0 radical (unpaired) electrons. The number of carbonyl (C=O) groups is 1. The molecule has 2 aliphatic rings. The van der Waals surface area contributed by atoms with Gasteiger partial charge in [0.2, 0.25) is 5.91 Å². The van der Waals surface area contributed by atoms with Gasteiger partial charge in [-0.15, -0.1) is 11.6 Å². The lowest BCUT2D eigenvalue weighted by Crippen LogP contribution is -2.33. The molecule has 6 heteroatoms. The summed E-state index contributed by atoms with van der Waals surface area (Å²) in [6.45, 7) is 1.74. The highest BCUT2D eigenvalue weighted by atomic mass is 35.5. The molecule has 1 aromatic carbocycles. The van der Waals surface area contributed by atoms with E-state index in [1.807, 2.05) is 13.0 Å². The van der Waals surface area contributed by atoms with Gasteiger partial charge in [-0.3, -0.25) is 9.69 Å². The topological polar surface area (TPSA) is 33.2 Å². The molecule has 0 fully saturated rings. The number of benzene rings is 1. The molecular formula is C21H21ClF2N2O. The molecule has 1 amide bonds. The average molecular weight is 391 g/mol. The Hall–Kier alpha value is -2.01. The summed E-state index contributed by atoms with van der Waals surface area (Å²) in [5.41, 5.74) is 4.65. The van der Waals surface area contributed by atoms with Crippen LogP contribution in [0.2, 0.25) is 0 Å². The molecule has 0 aliphatic heterocycles. The van der Waals surface area contributed by atoms with E-state index in [4.69, 9.17) is 11.6 Å². The molecular weight excluding hydrogens is 370 g/mol. The fourth-order valence-corrected chi connectivity index (χ4v) is 4.46. The summed E-state index contributed by atoms with van der Waals surface area (Å²) in [5.74, 6) is -1.81. The maximum absolute atomic E-state index is 14.8. The Balaban J connectivity index is 1.76. The van der Waals surface area contributed by atoms with Gasteiger partial charge in [-0.25, -0.2) is 13.8 Å². The van der Waals surface area contributed by atoms with Gasteiger partial charge in [-0.2, -0.15) is 0 Å². The number of hydrogen-bond acceptors (Lipinski definition) is 2. The molecule has 0 bridgehead atoms. The second-order valence-electron chi connectivity index (χ2n) is 7.32. The third kappa shape index (κ3) is 3.12. The second-order valence-corrected chi connectivity index (χ2v) is 7.59. The Morgan fingerprint density at radius 1 is 1.11 bits per heavy atom. The Morgan fingerprint density at radius 3 is 2.59 bits per heavy atom. The normalized spacial score (nSPS) is 15.0. The number of nitrogens with zero attached hydrogens (tertiary/aromatic N) is 2. The summed E-state index contributed by atoms with van der Waals surface area (Å²) in [4.78, 5) is 18.3. The summed E-state index contributed by atoms with van der Waals surface area (Å²) >= 11 is 5.80. The van der Waals surface area contributed by atoms with Crippen molar-refractivity contribution in [2.24, 2.45) is 0 Å². The van der Waals surface area contributed by atoms with Crippen molar-refractivity contribution >= 4 is 23.3 Å². The Labute approximate surface area is 162 Å². The van der Waals surface area contributed by atoms with Crippen LogP contribution in [0.25, 0.3) is 0 Å². The highest BCUT2D eigenvalue weighted by Crippen LogP contribution is 2.34. The number of amides is 1. The van der Waals surface area contributed by atoms with E-state index in [0.717, 1.165) is 48.8 Å². The highest BCUT2D eigenvalue weighted by Gasteiger charge is 2.28. The van der Waals surface area contributed by atoms with Gasteiger partial charge in [-0.1, -0.05) is 0 Å². The van der Waals surface area contributed by atoms with Crippen LogP contribution in [0.1, 0.15) is 46.2 Å². The molecule has 2 aliphatic carbocycles. The fraction of sp³-hybridized carbons (Fsp3) is 0.429. The lowest BCUT2D eigenvalue weighted by molar-refractivity contribution is -0.116. The van der Waals surface area contributed by atoms with Crippen LogP contribution >= 0.6 is 11.6 Å². The monoisotopic (exact) mass is 390 g/mol. The number of pyridine rings is 1. The van der Waals surface area contributed by atoms with Crippen molar-refractivity contribution < 1.29 is 13.6 Å². The second kappa shape index (κ2) is 7.19. The van der Waals surface area contributed by atoms with Gasteiger partial charge in [-0.05, 0) is 79.3 Å². The first kappa shape index (κ1) is 18.4. The summed E-state index contributed by atoms with van der Waals surface area (Å²) in [7, 11) is 0. The van der Waals surface area contributed by atoms with Gasteiger partial charge < -0.3 is 0 Å². The van der Waals surface area contributed by atoms with E-state index in [-0.39, 0.29) is 23.9 Å². The Kier molecular flexibility index (Phi) is 4.89. The molecule has 0 unspecified atom stereocenters. The zero-order valence-corrected chi connectivity index (χ0v) is 16.0. The molecule has 0 spiro atoms. The maximum atomic E-state index is 14.8. The van der Waals surface area contributed by atoms with E-state index >= 15 is 0 Å². The van der Waals surface area contributed by atoms with Crippen molar-refractivity contribution in [3.63, 3.8) is 0 Å². The minimum absolute atomic E-state index is 0.0702. The number of halogens is 3. The average Bonchev–Trinajstić information content (AvgIpc) is 3.34. The fourth-order valence-electron chi connectivity index (χ4n) is 4.31. The van der Waals surface area contributed by atoms with Crippen LogP contribution < -0.4 is 4.90 Å². The Bertz CT molecular complexity index is 929. The van der Waals surface area contributed by atoms with Crippen molar-refractivity contribution in [1.29, 1.82) is 0 Å². The lowest BCUT2D eigenvalue weighted by atomic mass is 9.97. The van der Waals surface area contributed by atoms with E-state index in [1.165, 1.54) is 10.5 Å². The maximum Gasteiger partial charge on any atom is 0.243 e. The molecule has 2 aromatic rings. The molecule has 4 rings (SSSR count). The zero-order chi connectivity index (χ0) is 19.1. The summed E-state index contributed by atoms with van der Waals surface area (Å²) in [6.07, 6.45) is 6.89. The molecule has 142 valence electrons. The minimum atomic E-state index is -0.860. The molecule has 1 heterocycles. The van der Waals surface area contributed by atoms with Crippen LogP contribution in [0, 0.1) is 18.6 Å². The molecule has 0 saturated heterocycles. The third-order valence-corrected chi connectivity index (χ3v) is 6.04. The predicted molar refractivity (Wildman–Crippen MR) is 101 cm³/mol. The van der Waals surface area contributed by atoms with E-state index in [1.54, 1.807) is 6.20 Å². The van der Waals surface area contributed by atoms with Crippen LogP contribution in [0.4, 0.5) is 14.6 Å². The van der Waals surface area contributed by atoms with Gasteiger partial charge in [0.1, 0.15) is 11.7 Å². The third-order valence-electron chi connectivity index (χ3n) is 5.81. The first-order chi connectivity index (χ1) is 13.0. The van der Waals surface area contributed by atoms with Crippen molar-refractivity contribution in [1.82, 2.24) is 4.98 Å².